The molecule has 0 spiro atoms. The maximum atomic E-state index is 12.6. The molecule has 0 aliphatic carbocycles. The fraction of sp³-hybridized carbons (Fsp3) is 0.375. The van der Waals surface area contributed by atoms with E-state index in [0.717, 1.165) is 11.1 Å². The van der Waals surface area contributed by atoms with E-state index >= 15 is 0 Å². The SMILES string of the molecule is Cc1ccc(-c2nnc(SCC(=O)N[C@H](c3ccc(C(C)C)cc3)C(C)C)o2)cc1. The first kappa shape index (κ1) is 22.1. The predicted octanol–water partition coefficient (Wildman–Crippen LogP) is 5.77. The first-order valence-electron chi connectivity index (χ1n) is 10.3. The minimum Gasteiger partial charge on any atom is -0.411 e. The maximum absolute atomic E-state index is 12.6. The lowest BCUT2D eigenvalue weighted by Gasteiger charge is -2.23. The Kier molecular flexibility index (Phi) is 7.32. The summed E-state index contributed by atoms with van der Waals surface area (Å²) in [7, 11) is 0. The van der Waals surface area contributed by atoms with Gasteiger partial charge in [0.15, 0.2) is 0 Å². The lowest BCUT2D eigenvalue weighted by Crippen LogP contribution is -2.33. The molecule has 1 aromatic heterocycles. The molecule has 0 aliphatic heterocycles. The smallest absolute Gasteiger partial charge is 0.277 e. The van der Waals surface area contributed by atoms with Crippen molar-refractivity contribution < 1.29 is 9.21 Å². The third kappa shape index (κ3) is 5.72. The van der Waals surface area contributed by atoms with E-state index in [0.29, 0.717) is 17.0 Å². The zero-order valence-electron chi connectivity index (χ0n) is 18.2. The second-order valence-electron chi connectivity index (χ2n) is 8.14. The molecule has 0 unspecified atom stereocenters. The number of carbonyl (C=O) groups excluding carboxylic acids is 1. The van der Waals surface area contributed by atoms with Gasteiger partial charge in [-0.2, -0.15) is 0 Å². The number of nitrogens with zero attached hydrogens (tertiary/aromatic N) is 2. The Morgan fingerprint density at radius 3 is 2.20 bits per heavy atom. The van der Waals surface area contributed by atoms with Crippen LogP contribution in [0.25, 0.3) is 11.5 Å². The van der Waals surface area contributed by atoms with Crippen molar-refractivity contribution in [3.8, 4) is 11.5 Å². The number of amides is 1. The normalized spacial score (nSPS) is 12.4. The fourth-order valence-corrected chi connectivity index (χ4v) is 3.72. The molecule has 0 aliphatic rings. The number of nitrogens with one attached hydrogen (secondary N) is 1. The van der Waals surface area contributed by atoms with E-state index in [1.165, 1.54) is 22.9 Å². The molecule has 1 amide bonds. The first-order valence-corrected chi connectivity index (χ1v) is 11.2. The van der Waals surface area contributed by atoms with Gasteiger partial charge in [-0.05, 0) is 42.0 Å². The highest BCUT2D eigenvalue weighted by Gasteiger charge is 2.19. The van der Waals surface area contributed by atoms with Crippen LogP contribution in [0.1, 0.15) is 56.3 Å². The number of aryl methyl sites for hydroxylation is 1. The summed E-state index contributed by atoms with van der Waals surface area (Å²) in [5.74, 6) is 1.40. The third-order valence-corrected chi connectivity index (χ3v) is 5.80. The Hall–Kier alpha value is -2.60. The Bertz CT molecular complexity index is 963. The van der Waals surface area contributed by atoms with Crippen LogP contribution < -0.4 is 5.32 Å². The van der Waals surface area contributed by atoms with Gasteiger partial charge in [-0.1, -0.05) is 81.4 Å². The molecular weight excluding hydrogens is 394 g/mol. The van der Waals surface area contributed by atoms with Crippen molar-refractivity contribution in [3.63, 3.8) is 0 Å². The summed E-state index contributed by atoms with van der Waals surface area (Å²) in [4.78, 5) is 12.6. The highest BCUT2D eigenvalue weighted by atomic mass is 32.2. The number of carbonyl (C=O) groups is 1. The molecule has 1 atom stereocenters. The molecule has 2 aromatic carbocycles. The molecule has 158 valence electrons. The van der Waals surface area contributed by atoms with Crippen molar-refractivity contribution in [3.05, 3.63) is 65.2 Å². The lowest BCUT2D eigenvalue weighted by molar-refractivity contribution is -0.119. The molecular formula is C24H29N3O2S. The molecule has 3 rings (SSSR count). The monoisotopic (exact) mass is 423 g/mol. The van der Waals surface area contributed by atoms with Crippen LogP contribution in [0, 0.1) is 12.8 Å². The van der Waals surface area contributed by atoms with Gasteiger partial charge < -0.3 is 9.73 Å². The van der Waals surface area contributed by atoms with E-state index in [1.807, 2.05) is 31.2 Å². The largest absolute Gasteiger partial charge is 0.411 e. The summed E-state index contributed by atoms with van der Waals surface area (Å²) in [6.45, 7) is 10.6. The summed E-state index contributed by atoms with van der Waals surface area (Å²) in [6, 6.07) is 16.4. The maximum Gasteiger partial charge on any atom is 0.277 e. The number of hydrogen-bond donors (Lipinski definition) is 1. The number of benzene rings is 2. The first-order chi connectivity index (χ1) is 14.3. The minimum absolute atomic E-state index is 0.0369. The Balaban J connectivity index is 1.59. The van der Waals surface area contributed by atoms with Crippen molar-refractivity contribution in [2.75, 3.05) is 5.75 Å². The van der Waals surface area contributed by atoms with Crippen molar-refractivity contribution in [1.29, 1.82) is 0 Å². The zero-order chi connectivity index (χ0) is 21.7. The van der Waals surface area contributed by atoms with Crippen molar-refractivity contribution in [1.82, 2.24) is 15.5 Å². The highest BCUT2D eigenvalue weighted by Crippen LogP contribution is 2.26. The molecule has 3 aromatic rings. The summed E-state index contributed by atoms with van der Waals surface area (Å²) in [6.07, 6.45) is 0. The second-order valence-corrected chi connectivity index (χ2v) is 9.06. The zero-order valence-corrected chi connectivity index (χ0v) is 19.0. The van der Waals surface area contributed by atoms with Gasteiger partial charge in [0.1, 0.15) is 0 Å². The van der Waals surface area contributed by atoms with Crippen molar-refractivity contribution in [2.45, 2.75) is 51.8 Å². The van der Waals surface area contributed by atoms with Gasteiger partial charge in [0.2, 0.25) is 11.8 Å². The molecule has 0 fully saturated rings. The van der Waals surface area contributed by atoms with Crippen LogP contribution in [0.3, 0.4) is 0 Å². The second kappa shape index (κ2) is 9.94. The van der Waals surface area contributed by atoms with E-state index in [2.05, 4.69) is 67.5 Å². The van der Waals surface area contributed by atoms with Gasteiger partial charge in [-0.15, -0.1) is 10.2 Å². The van der Waals surface area contributed by atoms with E-state index in [9.17, 15) is 4.79 Å². The number of rotatable bonds is 8. The topological polar surface area (TPSA) is 68.0 Å². The third-order valence-electron chi connectivity index (χ3n) is 4.98. The van der Waals surface area contributed by atoms with Gasteiger partial charge in [-0.3, -0.25) is 4.79 Å². The Morgan fingerprint density at radius 2 is 1.60 bits per heavy atom. The van der Waals surface area contributed by atoms with Gasteiger partial charge in [0, 0.05) is 5.56 Å². The quantitative estimate of drug-likeness (QED) is 0.466. The molecule has 0 saturated heterocycles. The molecule has 0 bridgehead atoms. The number of aromatic nitrogens is 2. The average Bonchev–Trinajstić information content (AvgIpc) is 3.20. The molecule has 1 heterocycles. The van der Waals surface area contributed by atoms with E-state index in [-0.39, 0.29) is 23.6 Å². The minimum atomic E-state index is -0.0540. The van der Waals surface area contributed by atoms with Crippen LogP contribution >= 0.6 is 11.8 Å². The molecule has 1 N–H and O–H groups in total. The standard InChI is InChI=1S/C24H29N3O2S/c1-15(2)18-10-12-19(13-11-18)22(16(3)4)25-21(28)14-30-24-27-26-23(29-24)20-8-6-17(5)7-9-20/h6-13,15-16,22H,14H2,1-5H3,(H,25,28)/t22-/m0/s1. The van der Waals surface area contributed by atoms with Gasteiger partial charge in [0.25, 0.3) is 5.22 Å². The summed E-state index contributed by atoms with van der Waals surface area (Å²) < 4.78 is 5.69. The van der Waals surface area contributed by atoms with Gasteiger partial charge >= 0.3 is 0 Å². The van der Waals surface area contributed by atoms with Crippen LogP contribution in [-0.4, -0.2) is 21.9 Å². The molecule has 5 nitrogen and oxygen atoms in total. The fourth-order valence-electron chi connectivity index (χ4n) is 3.15. The van der Waals surface area contributed by atoms with Crippen LogP contribution in [0.15, 0.2) is 58.2 Å². The molecule has 0 saturated carbocycles. The van der Waals surface area contributed by atoms with Crippen LogP contribution in [0.5, 0.6) is 0 Å². The van der Waals surface area contributed by atoms with E-state index in [4.69, 9.17) is 4.42 Å². The van der Waals surface area contributed by atoms with Crippen LogP contribution in [-0.2, 0) is 4.79 Å². The van der Waals surface area contributed by atoms with Gasteiger partial charge in [-0.25, -0.2) is 0 Å². The Morgan fingerprint density at radius 1 is 0.967 bits per heavy atom. The molecule has 30 heavy (non-hydrogen) atoms. The average molecular weight is 424 g/mol. The molecule has 0 radical (unpaired) electrons. The lowest BCUT2D eigenvalue weighted by atomic mass is 9.93. The predicted molar refractivity (Wildman–Crippen MR) is 121 cm³/mol. The molecule has 6 heteroatoms. The number of thioether (sulfide) groups is 1. The van der Waals surface area contributed by atoms with Gasteiger partial charge in [0.05, 0.1) is 11.8 Å². The van der Waals surface area contributed by atoms with E-state index < -0.39 is 0 Å². The summed E-state index contributed by atoms with van der Waals surface area (Å²) in [5, 5.41) is 11.7. The van der Waals surface area contributed by atoms with Crippen LogP contribution in [0.2, 0.25) is 0 Å². The van der Waals surface area contributed by atoms with Crippen LogP contribution in [0.4, 0.5) is 0 Å². The highest BCUT2D eigenvalue weighted by molar-refractivity contribution is 7.99. The summed E-state index contributed by atoms with van der Waals surface area (Å²) in [5.41, 5.74) is 4.45. The van der Waals surface area contributed by atoms with Crippen molar-refractivity contribution in [2.24, 2.45) is 5.92 Å². The van der Waals surface area contributed by atoms with E-state index in [1.54, 1.807) is 0 Å². The van der Waals surface area contributed by atoms with Crippen molar-refractivity contribution >= 4 is 17.7 Å². The Labute approximate surface area is 182 Å². The summed E-state index contributed by atoms with van der Waals surface area (Å²) >= 11 is 1.25. The number of hydrogen-bond acceptors (Lipinski definition) is 5.